The monoisotopic (exact) mass is 571 g/mol. The van der Waals surface area contributed by atoms with Crippen molar-refractivity contribution in [2.45, 2.75) is 5.16 Å². The lowest BCUT2D eigenvalue weighted by molar-refractivity contribution is 0.172. The second-order valence-corrected chi connectivity index (χ2v) is 10.9. The Labute approximate surface area is 240 Å². The van der Waals surface area contributed by atoms with Crippen LogP contribution in [0.25, 0.3) is 38.8 Å². The Hall–Kier alpha value is -4.84. The van der Waals surface area contributed by atoms with Gasteiger partial charge in [0.05, 0.1) is 16.8 Å². The van der Waals surface area contributed by atoms with E-state index in [-0.39, 0.29) is 17.0 Å². The molecule has 0 unspecified atom stereocenters. The van der Waals surface area contributed by atoms with Crippen LogP contribution >= 0.6 is 11.8 Å². The SMILES string of the molecule is CN(C)C(=O)Oc1cc2c(ccn2C(=O)N(C)C)cc1-c1nnc(SC(=O)N(C)C)n1-c1cccc2ccccc12. The van der Waals surface area contributed by atoms with Gasteiger partial charge in [-0.1, -0.05) is 36.4 Å². The first kappa shape index (κ1) is 27.7. The number of aromatic nitrogens is 4. The van der Waals surface area contributed by atoms with E-state index >= 15 is 0 Å². The third-order valence-electron chi connectivity index (χ3n) is 6.37. The van der Waals surface area contributed by atoms with Crippen molar-refractivity contribution in [3.05, 3.63) is 66.9 Å². The number of nitrogens with zero attached hydrogens (tertiary/aromatic N) is 7. The maximum absolute atomic E-state index is 12.8. The minimum absolute atomic E-state index is 0.187. The first-order valence-electron chi connectivity index (χ1n) is 12.7. The van der Waals surface area contributed by atoms with Gasteiger partial charge in [0, 0.05) is 77.1 Å². The molecule has 3 amide bonds. The lowest BCUT2D eigenvalue weighted by Crippen LogP contribution is -2.27. The molecule has 0 aliphatic rings. The Balaban J connectivity index is 1.80. The van der Waals surface area contributed by atoms with Crippen LogP contribution in [-0.4, -0.2) is 93.7 Å². The molecular formula is C29H29N7O4S. The lowest BCUT2D eigenvalue weighted by atomic mass is 10.1. The first-order valence-corrected chi connectivity index (χ1v) is 13.5. The molecule has 0 atom stereocenters. The zero-order valence-electron chi connectivity index (χ0n) is 23.5. The van der Waals surface area contributed by atoms with Crippen LogP contribution in [0.4, 0.5) is 14.4 Å². The number of benzene rings is 3. The molecule has 0 saturated heterocycles. The number of amides is 3. The van der Waals surface area contributed by atoms with Crippen molar-refractivity contribution >= 4 is 50.8 Å². The van der Waals surface area contributed by atoms with Crippen molar-refractivity contribution in [3.8, 4) is 22.8 Å². The van der Waals surface area contributed by atoms with Crippen LogP contribution in [0.3, 0.4) is 0 Å². The van der Waals surface area contributed by atoms with E-state index in [0.29, 0.717) is 22.1 Å². The summed E-state index contributed by atoms with van der Waals surface area (Å²) in [7, 11) is 9.83. The third-order valence-corrected chi connectivity index (χ3v) is 7.35. The summed E-state index contributed by atoms with van der Waals surface area (Å²) in [6, 6.07) is 18.7. The largest absolute Gasteiger partial charge is 0.414 e. The van der Waals surface area contributed by atoms with E-state index in [9.17, 15) is 14.4 Å². The molecule has 12 heteroatoms. The van der Waals surface area contributed by atoms with Crippen LogP contribution in [0.1, 0.15) is 0 Å². The number of hydrogen-bond acceptors (Lipinski definition) is 7. The van der Waals surface area contributed by atoms with Gasteiger partial charge in [0.25, 0.3) is 5.24 Å². The molecule has 2 heterocycles. The van der Waals surface area contributed by atoms with Gasteiger partial charge in [0.2, 0.25) is 5.16 Å². The zero-order chi connectivity index (χ0) is 29.4. The van der Waals surface area contributed by atoms with Gasteiger partial charge in [-0.15, -0.1) is 10.2 Å². The Kier molecular flexibility index (Phi) is 7.41. The fraction of sp³-hybridized carbons (Fsp3) is 0.207. The van der Waals surface area contributed by atoms with Crippen molar-refractivity contribution in [2.75, 3.05) is 42.3 Å². The predicted octanol–water partition coefficient (Wildman–Crippen LogP) is 5.41. The maximum atomic E-state index is 12.8. The van der Waals surface area contributed by atoms with Crippen LogP contribution < -0.4 is 4.74 Å². The number of rotatable bonds is 4. The highest BCUT2D eigenvalue weighted by Crippen LogP contribution is 2.39. The summed E-state index contributed by atoms with van der Waals surface area (Å²) in [6.07, 6.45) is 1.07. The second-order valence-electron chi connectivity index (χ2n) is 9.93. The smallest absolute Gasteiger partial charge is 0.409 e. The topological polar surface area (TPSA) is 106 Å². The van der Waals surface area contributed by atoms with Crippen LogP contribution in [0, 0.1) is 0 Å². The van der Waals surface area contributed by atoms with Gasteiger partial charge in [0.1, 0.15) is 5.75 Å². The van der Waals surface area contributed by atoms with E-state index in [4.69, 9.17) is 4.74 Å². The van der Waals surface area contributed by atoms with Gasteiger partial charge in [-0.3, -0.25) is 13.9 Å². The molecule has 41 heavy (non-hydrogen) atoms. The Bertz CT molecular complexity index is 1800. The molecular weight excluding hydrogens is 542 g/mol. The highest BCUT2D eigenvalue weighted by Gasteiger charge is 2.26. The first-order chi connectivity index (χ1) is 19.6. The summed E-state index contributed by atoms with van der Waals surface area (Å²) < 4.78 is 9.11. The van der Waals surface area contributed by atoms with Gasteiger partial charge in [-0.25, -0.2) is 9.59 Å². The molecule has 0 aliphatic heterocycles. The highest BCUT2D eigenvalue weighted by atomic mass is 32.2. The number of fused-ring (bicyclic) bond motifs is 2. The standard InChI is InChI=1S/C29H29N7O4S/c1-32(2)27(37)35-15-14-19-16-21(24(17-23(19)35)40-28(38)33(3)4)25-30-31-26(41-29(39)34(5)6)36(25)22-13-9-11-18-10-7-8-12-20(18)22/h7-17H,1-6H3. The predicted molar refractivity (Wildman–Crippen MR) is 159 cm³/mol. The molecule has 0 spiro atoms. The quantitative estimate of drug-likeness (QED) is 0.266. The summed E-state index contributed by atoms with van der Waals surface area (Å²) in [5, 5.41) is 11.7. The molecule has 3 aromatic carbocycles. The molecule has 0 fully saturated rings. The minimum Gasteiger partial charge on any atom is -0.409 e. The van der Waals surface area contributed by atoms with Crippen LogP contribution in [0.5, 0.6) is 5.75 Å². The van der Waals surface area contributed by atoms with Gasteiger partial charge in [0.15, 0.2) is 5.82 Å². The van der Waals surface area contributed by atoms with E-state index in [1.807, 2.05) is 48.5 Å². The Morgan fingerprint density at radius 2 is 1.54 bits per heavy atom. The second kappa shape index (κ2) is 11.0. The van der Waals surface area contributed by atoms with Crippen LogP contribution in [0.2, 0.25) is 0 Å². The van der Waals surface area contributed by atoms with E-state index in [2.05, 4.69) is 10.2 Å². The number of carbonyl (C=O) groups is 3. The molecule has 0 bridgehead atoms. The fourth-order valence-electron chi connectivity index (χ4n) is 4.29. The molecule has 0 N–H and O–H groups in total. The highest BCUT2D eigenvalue weighted by molar-refractivity contribution is 8.13. The Morgan fingerprint density at radius 1 is 0.805 bits per heavy atom. The normalized spacial score (nSPS) is 11.1. The fourth-order valence-corrected chi connectivity index (χ4v) is 4.99. The summed E-state index contributed by atoms with van der Waals surface area (Å²) in [5.74, 6) is 0.553. The molecule has 0 saturated carbocycles. The average molecular weight is 572 g/mol. The van der Waals surface area contributed by atoms with E-state index in [1.165, 1.54) is 19.3 Å². The van der Waals surface area contributed by atoms with Crippen molar-refractivity contribution in [1.82, 2.24) is 34.0 Å². The molecule has 2 aromatic heterocycles. The minimum atomic E-state index is -0.601. The number of hydrogen-bond donors (Lipinski definition) is 0. The molecule has 11 nitrogen and oxygen atoms in total. The molecule has 5 rings (SSSR count). The van der Waals surface area contributed by atoms with Crippen molar-refractivity contribution < 1.29 is 19.1 Å². The summed E-state index contributed by atoms with van der Waals surface area (Å²) in [5.41, 5.74) is 1.78. The summed E-state index contributed by atoms with van der Waals surface area (Å²) >= 11 is 0.943. The van der Waals surface area contributed by atoms with E-state index in [0.717, 1.165) is 33.6 Å². The number of carbonyl (C=O) groups excluding carboxylic acids is 3. The molecule has 5 aromatic rings. The molecule has 210 valence electrons. The van der Waals surface area contributed by atoms with Gasteiger partial charge in [-0.05, 0) is 23.6 Å². The van der Waals surface area contributed by atoms with Crippen LogP contribution in [-0.2, 0) is 0 Å². The maximum Gasteiger partial charge on any atom is 0.414 e. The third kappa shape index (κ3) is 5.21. The lowest BCUT2D eigenvalue weighted by Gasteiger charge is -2.17. The van der Waals surface area contributed by atoms with Gasteiger partial charge in [-0.2, -0.15) is 0 Å². The zero-order valence-corrected chi connectivity index (χ0v) is 24.3. The molecule has 0 radical (unpaired) electrons. The van der Waals surface area contributed by atoms with Crippen molar-refractivity contribution in [3.63, 3.8) is 0 Å². The summed E-state index contributed by atoms with van der Waals surface area (Å²) in [6.45, 7) is 0. The Morgan fingerprint density at radius 3 is 2.24 bits per heavy atom. The van der Waals surface area contributed by atoms with Crippen molar-refractivity contribution in [1.29, 1.82) is 0 Å². The average Bonchev–Trinajstić information content (AvgIpc) is 3.55. The van der Waals surface area contributed by atoms with E-state index in [1.54, 1.807) is 65.2 Å². The number of ether oxygens (including phenoxy) is 1. The summed E-state index contributed by atoms with van der Waals surface area (Å²) in [4.78, 5) is 42.6. The van der Waals surface area contributed by atoms with Gasteiger partial charge >= 0.3 is 12.1 Å². The van der Waals surface area contributed by atoms with Crippen LogP contribution in [0.15, 0.2) is 72.0 Å². The van der Waals surface area contributed by atoms with Crippen molar-refractivity contribution in [2.24, 2.45) is 0 Å². The van der Waals surface area contributed by atoms with E-state index < -0.39 is 6.09 Å². The number of thioether (sulfide) groups is 1. The van der Waals surface area contributed by atoms with Gasteiger partial charge < -0.3 is 19.4 Å². The molecule has 0 aliphatic carbocycles.